The highest BCUT2D eigenvalue weighted by molar-refractivity contribution is 14.1. The Bertz CT molecular complexity index is 1330. The number of nitrogens with one attached hydrogen (secondary N) is 3. The van der Waals surface area contributed by atoms with E-state index in [0.717, 1.165) is 9.13 Å². The first-order valence-electron chi connectivity index (χ1n) is 12.6. The predicted molar refractivity (Wildman–Crippen MR) is 160 cm³/mol. The molecule has 2 atom stereocenters. The number of rotatable bonds is 14. The van der Waals surface area contributed by atoms with Crippen molar-refractivity contribution in [3.05, 3.63) is 69.0 Å². The number of aliphatic hydroxyl groups excluding tert-OH is 1. The molecule has 1 heterocycles. The van der Waals surface area contributed by atoms with Crippen LogP contribution >= 0.6 is 22.6 Å². The Morgan fingerprint density at radius 2 is 1.98 bits per heavy atom. The van der Waals surface area contributed by atoms with Crippen LogP contribution in [-0.2, 0) is 9.53 Å². The van der Waals surface area contributed by atoms with Crippen molar-refractivity contribution in [2.24, 2.45) is 5.10 Å². The van der Waals surface area contributed by atoms with Crippen molar-refractivity contribution in [1.29, 1.82) is 0 Å². The summed E-state index contributed by atoms with van der Waals surface area (Å²) in [6.45, 7) is 7.62. The van der Waals surface area contributed by atoms with Gasteiger partial charge in [0.15, 0.2) is 29.2 Å². The van der Waals surface area contributed by atoms with Gasteiger partial charge in [0, 0.05) is 5.70 Å². The summed E-state index contributed by atoms with van der Waals surface area (Å²) in [4.78, 5) is 24.5. The van der Waals surface area contributed by atoms with Gasteiger partial charge in [-0.2, -0.15) is 5.10 Å². The smallest absolute Gasteiger partial charge is 0.337 e. The maximum absolute atomic E-state index is 12.4. The molecule has 2 aromatic rings. The Balaban J connectivity index is 1.69. The van der Waals surface area contributed by atoms with E-state index in [1.54, 1.807) is 44.4 Å². The van der Waals surface area contributed by atoms with Crippen molar-refractivity contribution in [1.82, 2.24) is 16.1 Å². The number of benzene rings is 2. The lowest BCUT2D eigenvalue weighted by Gasteiger charge is -2.28. The number of aliphatic hydroxyl groups is 1. The number of urea groups is 1. The number of allylic oxidation sites excluding steroid dienone is 1. The molecule has 0 spiro atoms. The van der Waals surface area contributed by atoms with Crippen molar-refractivity contribution >= 4 is 40.8 Å². The summed E-state index contributed by atoms with van der Waals surface area (Å²) in [5.41, 5.74) is 4.60. The number of nitrogens with zero attached hydrogens (tertiary/aromatic N) is 1. The predicted octanol–water partition coefficient (Wildman–Crippen LogP) is 3.39. The lowest BCUT2D eigenvalue weighted by atomic mass is 9.95. The average molecular weight is 680 g/mol. The van der Waals surface area contributed by atoms with Crippen LogP contribution < -0.4 is 35.0 Å². The molecule has 0 bridgehead atoms. The molecule has 0 fully saturated rings. The zero-order valence-corrected chi connectivity index (χ0v) is 25.3. The molecule has 12 nitrogen and oxygen atoms in total. The summed E-state index contributed by atoms with van der Waals surface area (Å²) in [5.74, 6) is 1.31. The molecule has 1 aliphatic heterocycles. The number of carbonyl (C=O) groups is 2. The zero-order chi connectivity index (χ0) is 29.9. The van der Waals surface area contributed by atoms with Gasteiger partial charge in [-0.1, -0.05) is 18.7 Å². The molecule has 0 unspecified atom stereocenters. The van der Waals surface area contributed by atoms with Crippen molar-refractivity contribution in [2.75, 3.05) is 34.0 Å². The Morgan fingerprint density at radius 3 is 2.66 bits per heavy atom. The van der Waals surface area contributed by atoms with Crippen molar-refractivity contribution in [3.63, 3.8) is 0 Å². The maximum Gasteiger partial charge on any atom is 0.337 e. The van der Waals surface area contributed by atoms with Crippen LogP contribution in [-0.4, -0.2) is 63.6 Å². The number of ether oxygens (including phenoxy) is 5. The molecule has 13 heteroatoms. The van der Waals surface area contributed by atoms with Gasteiger partial charge in [-0.15, -0.1) is 0 Å². The third kappa shape index (κ3) is 8.27. The second-order valence-corrected chi connectivity index (χ2v) is 9.71. The summed E-state index contributed by atoms with van der Waals surface area (Å²) in [5, 5.41) is 19.8. The van der Waals surface area contributed by atoms with Crippen LogP contribution in [0.1, 0.15) is 31.0 Å². The van der Waals surface area contributed by atoms with Gasteiger partial charge in [0.1, 0.15) is 13.2 Å². The normalized spacial score (nSPS) is 15.5. The van der Waals surface area contributed by atoms with Crippen molar-refractivity contribution in [2.45, 2.75) is 26.1 Å². The van der Waals surface area contributed by atoms with Crippen LogP contribution in [0.5, 0.6) is 23.0 Å². The van der Waals surface area contributed by atoms with E-state index in [-0.39, 0.29) is 12.2 Å². The minimum Gasteiger partial charge on any atom is -0.493 e. The van der Waals surface area contributed by atoms with Gasteiger partial charge in [0.25, 0.3) is 0 Å². The number of halogens is 1. The molecule has 2 amide bonds. The van der Waals surface area contributed by atoms with Gasteiger partial charge < -0.3 is 39.4 Å². The Hall–Kier alpha value is -3.98. The molecule has 0 saturated carbocycles. The molecule has 1 aliphatic rings. The van der Waals surface area contributed by atoms with Gasteiger partial charge in [-0.3, -0.25) is 5.43 Å². The van der Waals surface area contributed by atoms with E-state index in [1.165, 1.54) is 13.3 Å². The van der Waals surface area contributed by atoms with Crippen molar-refractivity contribution < 1.29 is 38.4 Å². The first-order valence-corrected chi connectivity index (χ1v) is 13.6. The third-order valence-corrected chi connectivity index (χ3v) is 6.51. The minimum atomic E-state index is -1.14. The highest BCUT2D eigenvalue weighted by Crippen LogP contribution is 2.35. The highest BCUT2D eigenvalue weighted by atomic mass is 127. The number of hydrazone groups is 1. The Labute approximate surface area is 251 Å². The second kappa shape index (κ2) is 15.1. The highest BCUT2D eigenvalue weighted by Gasteiger charge is 2.32. The molecule has 0 saturated heterocycles. The van der Waals surface area contributed by atoms with Gasteiger partial charge in [0.2, 0.25) is 0 Å². The Kier molecular flexibility index (Phi) is 11.6. The van der Waals surface area contributed by atoms with Gasteiger partial charge in [0.05, 0.1) is 42.2 Å². The van der Waals surface area contributed by atoms with E-state index < -0.39 is 24.3 Å². The molecule has 220 valence electrons. The quantitative estimate of drug-likeness (QED) is 0.0589. The number of hydrogen-bond acceptors (Lipinski definition) is 10. The maximum atomic E-state index is 12.4. The summed E-state index contributed by atoms with van der Waals surface area (Å²) >= 11 is 2.14. The van der Waals surface area contributed by atoms with Crippen LogP contribution in [0.4, 0.5) is 4.79 Å². The van der Waals surface area contributed by atoms with Crippen molar-refractivity contribution in [3.8, 4) is 23.0 Å². The summed E-state index contributed by atoms with van der Waals surface area (Å²) < 4.78 is 28.3. The fourth-order valence-corrected chi connectivity index (χ4v) is 4.70. The first kappa shape index (κ1) is 31.5. The summed E-state index contributed by atoms with van der Waals surface area (Å²) in [6, 6.07) is 7.42. The van der Waals surface area contributed by atoms with Crippen LogP contribution in [0, 0.1) is 3.57 Å². The largest absolute Gasteiger partial charge is 0.493 e. The second-order valence-electron chi connectivity index (χ2n) is 8.55. The third-order valence-electron chi connectivity index (χ3n) is 5.71. The molecule has 3 rings (SSSR count). The summed E-state index contributed by atoms with van der Waals surface area (Å²) in [7, 11) is 2.82. The molecular weight excluding hydrogens is 647 g/mol. The van der Waals surface area contributed by atoms with Gasteiger partial charge in [-0.05, 0) is 71.8 Å². The van der Waals surface area contributed by atoms with E-state index in [9.17, 15) is 14.7 Å². The average Bonchev–Trinajstić information content (AvgIpc) is 2.95. The zero-order valence-electron chi connectivity index (χ0n) is 23.2. The first-order chi connectivity index (χ1) is 19.7. The van der Waals surface area contributed by atoms with Crippen LogP contribution in [0.25, 0.3) is 0 Å². The number of amides is 2. The van der Waals surface area contributed by atoms with E-state index in [0.29, 0.717) is 47.5 Å². The lowest BCUT2D eigenvalue weighted by Crippen LogP contribution is -2.45. The molecule has 0 aromatic heterocycles. The number of esters is 1. The number of hydrogen-bond donors (Lipinski definition) is 4. The van der Waals surface area contributed by atoms with Crippen LogP contribution in [0.15, 0.2) is 59.4 Å². The minimum absolute atomic E-state index is 0.150. The van der Waals surface area contributed by atoms with E-state index in [2.05, 4.69) is 50.3 Å². The number of carbonyl (C=O) groups excluding carboxylic acids is 2. The van der Waals surface area contributed by atoms with E-state index >= 15 is 0 Å². The van der Waals surface area contributed by atoms with E-state index in [1.807, 2.05) is 13.0 Å². The standard InChI is InChI=1S/C28H33IN4O8/c1-6-10-40-26-19(29)11-17(12-22(26)37-4)14-30-33-23(34)15-41-20-9-8-18(13-21(20)39-7-2)25-24(27(35)38-5)16(3)31-28(36)32-25/h6,8-9,11-14,23,25,33-34H,1,7,10,15H2,2-5H3,(H2,31,32,36)/b30-14+/t23-,25-/m1/s1. The Morgan fingerprint density at radius 1 is 1.20 bits per heavy atom. The van der Waals surface area contributed by atoms with E-state index in [4.69, 9.17) is 23.7 Å². The fourth-order valence-electron chi connectivity index (χ4n) is 3.92. The molecule has 0 aliphatic carbocycles. The van der Waals surface area contributed by atoms with Gasteiger partial charge >= 0.3 is 12.0 Å². The molecular formula is C28H33IN4O8. The molecule has 41 heavy (non-hydrogen) atoms. The molecule has 0 radical (unpaired) electrons. The SMILES string of the molecule is C=CCOc1c(I)cc(/C=N/N[C@H](O)COc2ccc([C@H]3NC(=O)NC(C)=C3C(=O)OC)cc2OCC)cc1OC. The van der Waals surface area contributed by atoms with Crippen LogP contribution in [0.3, 0.4) is 0 Å². The topological polar surface area (TPSA) is 149 Å². The summed E-state index contributed by atoms with van der Waals surface area (Å²) in [6.07, 6.45) is 2.04. The number of methoxy groups -OCH3 is 2. The molecule has 4 N–H and O–H groups in total. The monoisotopic (exact) mass is 680 g/mol. The van der Waals surface area contributed by atoms with Crippen LogP contribution in [0.2, 0.25) is 0 Å². The lowest BCUT2D eigenvalue weighted by molar-refractivity contribution is -0.136. The fraction of sp³-hybridized carbons (Fsp3) is 0.321. The van der Waals surface area contributed by atoms with Gasteiger partial charge in [-0.25, -0.2) is 9.59 Å². The molecule has 2 aromatic carbocycles.